The maximum Gasteiger partial charge on any atom is 0.450 e. The van der Waals surface area contributed by atoms with Gasteiger partial charge in [-0.2, -0.15) is 13.2 Å². The average Bonchev–Trinajstić information content (AvgIpc) is 3.36. The third-order valence-electron chi connectivity index (χ3n) is 10.4. The quantitative estimate of drug-likeness (QED) is 0.0591. The third kappa shape index (κ3) is 41.1. The highest BCUT2D eigenvalue weighted by Gasteiger charge is 2.38. The number of benzene rings is 4. The first kappa shape index (κ1) is 78.3. The number of rotatable bonds is 20. The molecule has 4 rings (SSSR count). The molecule has 82 heavy (non-hydrogen) atoms. The van der Waals surface area contributed by atoms with E-state index < -0.39 is 35.0 Å². The molecule has 14 nitrogen and oxygen atoms in total. The average molecular weight is 1140 g/mol. The second kappa shape index (κ2) is 40.3. The van der Waals surface area contributed by atoms with E-state index in [1.54, 1.807) is 97.1 Å². The highest BCUT2D eigenvalue weighted by Crippen LogP contribution is 2.23. The van der Waals surface area contributed by atoms with Crippen molar-refractivity contribution in [3.8, 4) is 0 Å². The van der Waals surface area contributed by atoms with E-state index in [9.17, 15) is 80.3 Å². The Kier molecular flexibility index (Phi) is 38.4. The zero-order valence-corrected chi connectivity index (χ0v) is 50.0. The van der Waals surface area contributed by atoms with E-state index in [0.717, 1.165) is 6.92 Å². The lowest BCUT2D eigenvalue weighted by atomic mass is 9.82. The molecule has 0 radical (unpaired) electrons. The van der Waals surface area contributed by atoms with Crippen molar-refractivity contribution in [3.63, 3.8) is 0 Å². The van der Waals surface area contributed by atoms with E-state index in [1.165, 1.54) is 27.7 Å². The van der Waals surface area contributed by atoms with Crippen molar-refractivity contribution in [2.75, 3.05) is 0 Å². The van der Waals surface area contributed by atoms with Gasteiger partial charge in [0.1, 0.15) is 52.0 Å². The summed E-state index contributed by atoms with van der Waals surface area (Å²) in [6.45, 7) is 24.9. The molecule has 4 aromatic carbocycles. The van der Waals surface area contributed by atoms with Crippen LogP contribution in [0.4, 0.5) is 13.2 Å². The Morgan fingerprint density at radius 2 is 0.524 bits per heavy atom. The number of alkyl halides is 3. The molecule has 0 spiro atoms. The molecule has 446 valence electrons. The smallest absolute Gasteiger partial charge is 0.300 e. The van der Waals surface area contributed by atoms with Crippen molar-refractivity contribution in [3.05, 3.63) is 144 Å². The van der Waals surface area contributed by atoms with Gasteiger partial charge in [-0.1, -0.05) is 191 Å². The first-order valence-corrected chi connectivity index (χ1v) is 26.2. The Morgan fingerprint density at radius 1 is 0.305 bits per heavy atom. The van der Waals surface area contributed by atoms with E-state index >= 15 is 0 Å². The van der Waals surface area contributed by atoms with Gasteiger partial charge in [-0.3, -0.25) is 67.1 Å². The van der Waals surface area contributed by atoms with E-state index in [4.69, 9.17) is 0 Å². The molecule has 0 atom stereocenters. The fourth-order valence-electron chi connectivity index (χ4n) is 5.44. The molecule has 0 aliphatic heterocycles. The Hall–Kier alpha value is -7.95. The van der Waals surface area contributed by atoms with Crippen LogP contribution < -0.4 is 0 Å². The van der Waals surface area contributed by atoms with Gasteiger partial charge in [0.15, 0.2) is 23.1 Å². The molecule has 0 saturated carbocycles. The molecule has 0 N–H and O–H groups in total. The Bertz CT molecular complexity index is 2580. The zero-order valence-electron chi connectivity index (χ0n) is 50.0. The van der Waals surface area contributed by atoms with Gasteiger partial charge in [0.05, 0.1) is 44.9 Å². The molecule has 0 bridgehead atoms. The molecule has 0 unspecified atom stereocenters. The number of carbonyl (C=O) groups excluding carboxylic acids is 14. The fourth-order valence-corrected chi connectivity index (χ4v) is 5.44. The molecule has 0 aromatic heterocycles. The van der Waals surface area contributed by atoms with Crippen LogP contribution in [0.1, 0.15) is 190 Å². The molecule has 0 aliphatic carbocycles. The molecule has 0 fully saturated rings. The summed E-state index contributed by atoms with van der Waals surface area (Å²) in [4.78, 5) is 152. The van der Waals surface area contributed by atoms with Crippen molar-refractivity contribution >= 4 is 81.0 Å². The topological polar surface area (TPSA) is 239 Å². The lowest BCUT2D eigenvalue weighted by molar-refractivity contribution is -0.171. The first-order valence-electron chi connectivity index (χ1n) is 26.2. The van der Waals surface area contributed by atoms with Crippen LogP contribution in [-0.2, 0) is 47.9 Å². The normalized spacial score (nSPS) is 10.3. The lowest BCUT2D eigenvalue weighted by Gasteiger charge is -2.20. The van der Waals surface area contributed by atoms with Crippen LogP contribution in [0.5, 0.6) is 0 Å². The molecular formula is C65H81F3O14. The monoisotopic (exact) mass is 1140 g/mol. The standard InChI is InChI=1S/C15H12O2.C11H20O2.2C10H10O2.C9H16O2.C5H5F3O2.C5H8O2/c16-14(12-7-3-1-4-8-12)11-15(17)13-9-5-2-6-10-13;1-10(2,3)8(12)7-9(13)11(4,5)6;2*1-8(11)7-10(12)9-5-3-2-4-6-9;1-6(2)8(10)5-9(11)7(3)4;1-3(9)2-4(10)5(6,7)8;1-4(6)3-5(2)7/h1-10H,11H2;7H2,1-6H3;2*2-6H,7H2,1H3;6-7H,5H2,1-4H3;2H2,1H3;3H2,1-2H3. The minimum atomic E-state index is -4.87. The lowest BCUT2D eigenvalue weighted by Crippen LogP contribution is -2.28. The van der Waals surface area contributed by atoms with Gasteiger partial charge in [-0.05, 0) is 34.6 Å². The van der Waals surface area contributed by atoms with Crippen LogP contribution in [-0.4, -0.2) is 87.1 Å². The van der Waals surface area contributed by atoms with E-state index in [-0.39, 0.29) is 120 Å². The summed E-state index contributed by atoms with van der Waals surface area (Å²) in [6, 6.07) is 35.4. The van der Waals surface area contributed by atoms with E-state index in [2.05, 4.69) is 0 Å². The van der Waals surface area contributed by atoms with Gasteiger partial charge in [0.2, 0.25) is 5.78 Å². The van der Waals surface area contributed by atoms with Gasteiger partial charge in [0, 0.05) is 44.9 Å². The third-order valence-corrected chi connectivity index (χ3v) is 10.4. The van der Waals surface area contributed by atoms with Crippen LogP contribution in [0.25, 0.3) is 0 Å². The Labute approximate surface area is 480 Å². The molecule has 4 aromatic rings. The van der Waals surface area contributed by atoms with Crippen LogP contribution in [0.2, 0.25) is 0 Å². The van der Waals surface area contributed by atoms with Crippen LogP contribution in [0, 0.1) is 22.7 Å². The summed E-state index contributed by atoms with van der Waals surface area (Å²) < 4.78 is 33.9. The van der Waals surface area contributed by atoms with Crippen molar-refractivity contribution in [2.45, 2.75) is 155 Å². The summed E-state index contributed by atoms with van der Waals surface area (Å²) in [5.41, 5.74) is 1.57. The van der Waals surface area contributed by atoms with Gasteiger partial charge in [-0.25, -0.2) is 0 Å². The Morgan fingerprint density at radius 3 is 0.683 bits per heavy atom. The van der Waals surface area contributed by atoms with Gasteiger partial charge < -0.3 is 0 Å². The predicted molar refractivity (Wildman–Crippen MR) is 308 cm³/mol. The first-order chi connectivity index (χ1) is 37.6. The van der Waals surface area contributed by atoms with Crippen molar-refractivity contribution in [1.29, 1.82) is 0 Å². The molecule has 0 amide bonds. The SMILES string of the molecule is CC(=O)CC(=O)C(F)(F)F.CC(=O)CC(=O)c1ccccc1.CC(=O)CC(=O)c1ccccc1.CC(=O)CC(C)=O.CC(C)(C)C(=O)CC(=O)C(C)(C)C.CC(C)C(=O)CC(=O)C(C)C.O=C(CC(=O)c1ccccc1)c1ccccc1. The largest absolute Gasteiger partial charge is 0.450 e. The maximum absolute atomic E-state index is 11.8. The van der Waals surface area contributed by atoms with Gasteiger partial charge in [-0.15, -0.1) is 0 Å². The number of Topliss-reactive ketones (excluding diaryl/α,β-unsaturated/α-hetero) is 14. The van der Waals surface area contributed by atoms with Gasteiger partial charge in [0.25, 0.3) is 0 Å². The number of hydrogen-bond acceptors (Lipinski definition) is 14. The van der Waals surface area contributed by atoms with Crippen molar-refractivity contribution in [1.82, 2.24) is 0 Å². The zero-order chi connectivity index (χ0) is 64.1. The second-order valence-corrected chi connectivity index (χ2v) is 21.4. The van der Waals surface area contributed by atoms with E-state index in [0.29, 0.717) is 22.3 Å². The summed E-state index contributed by atoms with van der Waals surface area (Å²) in [7, 11) is 0. The number of carbonyl (C=O) groups is 14. The van der Waals surface area contributed by atoms with E-state index in [1.807, 2.05) is 93.5 Å². The predicted octanol–water partition coefficient (Wildman–Crippen LogP) is 12.9. The number of hydrogen-bond donors (Lipinski definition) is 0. The summed E-state index contributed by atoms with van der Waals surface area (Å²) in [5.74, 6) is -3.47. The summed E-state index contributed by atoms with van der Waals surface area (Å²) in [5, 5.41) is 0. The highest BCUT2D eigenvalue weighted by molar-refractivity contribution is 6.13. The van der Waals surface area contributed by atoms with Crippen LogP contribution >= 0.6 is 0 Å². The highest BCUT2D eigenvalue weighted by atomic mass is 19.4. The molecule has 17 heteroatoms. The minimum absolute atomic E-state index is 0.00398. The van der Waals surface area contributed by atoms with Crippen molar-refractivity contribution in [2.24, 2.45) is 22.7 Å². The summed E-state index contributed by atoms with van der Waals surface area (Å²) in [6.07, 6.45) is -5.74. The Balaban J connectivity index is -0.000000900. The fraction of sp³-hybridized carbons (Fsp3) is 0.415. The molecule has 0 saturated heterocycles. The minimum Gasteiger partial charge on any atom is -0.300 e. The van der Waals surface area contributed by atoms with Gasteiger partial charge >= 0.3 is 6.18 Å². The number of ketones is 14. The van der Waals surface area contributed by atoms with Crippen molar-refractivity contribution < 1.29 is 80.3 Å². The second-order valence-electron chi connectivity index (χ2n) is 21.4. The maximum atomic E-state index is 11.8. The van der Waals surface area contributed by atoms with Crippen LogP contribution in [0.3, 0.4) is 0 Å². The molecule has 0 aliphatic rings. The van der Waals surface area contributed by atoms with Crippen LogP contribution in [0.15, 0.2) is 121 Å². The summed E-state index contributed by atoms with van der Waals surface area (Å²) >= 11 is 0. The number of halogens is 3. The molecular weight excluding hydrogens is 1060 g/mol. The molecule has 0 heterocycles.